The highest BCUT2D eigenvalue weighted by Gasteiger charge is 2.26. The van der Waals surface area contributed by atoms with Gasteiger partial charge in [0.15, 0.2) is 5.78 Å². The Morgan fingerprint density at radius 3 is 1.73 bits per heavy atom. The highest BCUT2D eigenvalue weighted by molar-refractivity contribution is 5.94. The van der Waals surface area contributed by atoms with Gasteiger partial charge in [0.2, 0.25) is 0 Å². The highest BCUT2D eigenvalue weighted by atomic mass is 16.3. The van der Waals surface area contributed by atoms with Gasteiger partial charge >= 0.3 is 0 Å². The van der Waals surface area contributed by atoms with Crippen LogP contribution in [0.5, 0.6) is 5.75 Å². The number of aromatic hydroxyl groups is 1. The first-order chi connectivity index (χ1) is 9.84. The largest absolute Gasteiger partial charge is 0.507 e. The first-order valence-electron chi connectivity index (χ1n) is 7.94. The van der Waals surface area contributed by atoms with E-state index in [0.29, 0.717) is 5.75 Å². The van der Waals surface area contributed by atoms with Crippen LogP contribution in [0.4, 0.5) is 0 Å². The maximum Gasteiger partial charge on any atom is 0.158 e. The third kappa shape index (κ3) is 4.46. The van der Waals surface area contributed by atoms with E-state index in [2.05, 4.69) is 41.5 Å². The quantitative estimate of drug-likeness (QED) is 0.777. The van der Waals surface area contributed by atoms with Gasteiger partial charge in [0.05, 0.1) is 0 Å². The van der Waals surface area contributed by atoms with Crippen molar-refractivity contribution in [2.75, 3.05) is 0 Å². The molecule has 1 aromatic carbocycles. The molecule has 0 radical (unpaired) electrons. The van der Waals surface area contributed by atoms with E-state index in [9.17, 15) is 9.90 Å². The lowest BCUT2D eigenvalue weighted by Crippen LogP contribution is -2.17. The van der Waals surface area contributed by atoms with E-state index >= 15 is 0 Å². The Balaban J connectivity index is 3.45. The van der Waals surface area contributed by atoms with Crippen molar-refractivity contribution in [3.05, 3.63) is 34.9 Å². The van der Waals surface area contributed by atoms with Crippen LogP contribution in [0.15, 0.2) is 18.2 Å². The number of rotatable bonds is 3. The van der Waals surface area contributed by atoms with Crippen LogP contribution in [0, 0.1) is 5.92 Å². The molecule has 1 N–H and O–H groups in total. The predicted molar refractivity (Wildman–Crippen MR) is 94.4 cm³/mol. The van der Waals surface area contributed by atoms with Crippen molar-refractivity contribution >= 4 is 11.9 Å². The number of carbonyl (C=O) groups excluding carboxylic acids is 1. The Morgan fingerprint density at radius 2 is 1.41 bits per heavy atom. The molecule has 0 fully saturated rings. The van der Waals surface area contributed by atoms with Crippen LogP contribution in [0.3, 0.4) is 0 Å². The average molecular weight is 302 g/mol. The van der Waals surface area contributed by atoms with Crippen molar-refractivity contribution in [3.63, 3.8) is 0 Å². The van der Waals surface area contributed by atoms with Crippen LogP contribution in [0.1, 0.15) is 72.1 Å². The normalized spacial score (nSPS) is 13.1. The van der Waals surface area contributed by atoms with Gasteiger partial charge in [0.25, 0.3) is 0 Å². The molecule has 0 aliphatic heterocycles. The van der Waals surface area contributed by atoms with Gasteiger partial charge in [0.1, 0.15) is 5.75 Å². The van der Waals surface area contributed by atoms with E-state index < -0.39 is 0 Å². The van der Waals surface area contributed by atoms with E-state index in [1.807, 2.05) is 32.1 Å². The molecule has 22 heavy (non-hydrogen) atoms. The van der Waals surface area contributed by atoms with Gasteiger partial charge in [-0.05, 0) is 34.6 Å². The molecule has 0 amide bonds. The second-order valence-electron chi connectivity index (χ2n) is 8.36. The summed E-state index contributed by atoms with van der Waals surface area (Å²) >= 11 is 0. The molecule has 0 aliphatic carbocycles. The molecule has 1 rings (SSSR count). The first kappa shape index (κ1) is 18.5. The molecule has 0 unspecified atom stereocenters. The van der Waals surface area contributed by atoms with E-state index in [1.165, 1.54) is 0 Å². The minimum absolute atomic E-state index is 0.00228. The molecule has 0 spiro atoms. The Bertz CT molecular complexity index is 544. The zero-order valence-electron chi connectivity index (χ0n) is 15.2. The molecule has 0 heterocycles. The second-order valence-corrected chi connectivity index (χ2v) is 8.36. The summed E-state index contributed by atoms with van der Waals surface area (Å²) in [4.78, 5) is 11.8. The minimum Gasteiger partial charge on any atom is -0.507 e. The Kier molecular flexibility index (Phi) is 5.27. The number of ketones is 1. The third-order valence-corrected chi connectivity index (χ3v) is 3.76. The summed E-state index contributed by atoms with van der Waals surface area (Å²) in [7, 11) is 0. The molecule has 0 saturated heterocycles. The van der Waals surface area contributed by atoms with Gasteiger partial charge in [0, 0.05) is 17.0 Å². The van der Waals surface area contributed by atoms with Crippen molar-refractivity contribution in [3.8, 4) is 5.75 Å². The summed E-state index contributed by atoms with van der Waals surface area (Å²) in [5, 5.41) is 10.7. The van der Waals surface area contributed by atoms with Crippen LogP contribution in [0.2, 0.25) is 0 Å². The fraction of sp³-hybridized carbons (Fsp3) is 0.550. The van der Waals surface area contributed by atoms with E-state index in [1.54, 1.807) is 6.08 Å². The van der Waals surface area contributed by atoms with Gasteiger partial charge in [-0.25, -0.2) is 0 Å². The molecule has 2 nitrogen and oxygen atoms in total. The first-order valence-corrected chi connectivity index (χ1v) is 7.94. The zero-order chi connectivity index (χ0) is 17.3. The molecule has 1 aromatic rings. The number of phenolic OH excluding ortho intramolecular Hbond substituents is 1. The Labute approximate surface area is 135 Å². The summed E-state index contributed by atoms with van der Waals surface area (Å²) in [5.74, 6) is 0.479. The van der Waals surface area contributed by atoms with Gasteiger partial charge in [-0.15, -0.1) is 0 Å². The van der Waals surface area contributed by atoms with Crippen molar-refractivity contribution in [2.45, 2.75) is 66.2 Å². The third-order valence-electron chi connectivity index (χ3n) is 3.76. The molecule has 0 saturated carbocycles. The molecule has 0 atom stereocenters. The van der Waals surface area contributed by atoms with Crippen molar-refractivity contribution in [1.29, 1.82) is 0 Å². The SMILES string of the molecule is CC(C)C(=O)C=Cc1cc(C(C)(C)C)c(O)c(C(C)(C)C)c1. The van der Waals surface area contributed by atoms with Crippen molar-refractivity contribution in [1.82, 2.24) is 0 Å². The van der Waals surface area contributed by atoms with Crippen molar-refractivity contribution < 1.29 is 9.90 Å². The molecule has 2 heteroatoms. The summed E-state index contributed by atoms with van der Waals surface area (Å²) in [6, 6.07) is 3.96. The van der Waals surface area contributed by atoms with E-state index in [-0.39, 0.29) is 22.5 Å². The number of phenols is 1. The average Bonchev–Trinajstić information content (AvgIpc) is 2.33. The molecular weight excluding hydrogens is 272 g/mol. The number of carbonyl (C=O) groups is 1. The summed E-state index contributed by atoms with van der Waals surface area (Å²) < 4.78 is 0. The lowest BCUT2D eigenvalue weighted by molar-refractivity contribution is -0.117. The fourth-order valence-electron chi connectivity index (χ4n) is 2.27. The number of hydrogen-bond acceptors (Lipinski definition) is 2. The maximum atomic E-state index is 11.8. The predicted octanol–water partition coefficient (Wildman–Crippen LogP) is 5.23. The van der Waals surface area contributed by atoms with Crippen LogP contribution in [-0.4, -0.2) is 10.9 Å². The molecular formula is C20H30O2. The van der Waals surface area contributed by atoms with Crippen molar-refractivity contribution in [2.24, 2.45) is 5.92 Å². The standard InChI is InChI=1S/C20H30O2/c1-13(2)17(21)10-9-14-11-15(19(3,4)5)18(22)16(12-14)20(6,7)8/h9-13,22H,1-8H3. The second kappa shape index (κ2) is 6.28. The fourth-order valence-corrected chi connectivity index (χ4v) is 2.27. The summed E-state index contributed by atoms with van der Waals surface area (Å²) in [5.41, 5.74) is 2.47. The van der Waals surface area contributed by atoms with Crippen LogP contribution >= 0.6 is 0 Å². The molecule has 0 bridgehead atoms. The Morgan fingerprint density at radius 1 is 1.00 bits per heavy atom. The lowest BCUT2D eigenvalue weighted by atomic mass is 9.78. The van der Waals surface area contributed by atoms with Gasteiger partial charge in [-0.1, -0.05) is 61.5 Å². The van der Waals surface area contributed by atoms with E-state index in [4.69, 9.17) is 0 Å². The van der Waals surface area contributed by atoms with Crippen LogP contribution in [-0.2, 0) is 15.6 Å². The van der Waals surface area contributed by atoms with Gasteiger partial charge in [-0.2, -0.15) is 0 Å². The lowest BCUT2D eigenvalue weighted by Gasteiger charge is -2.27. The number of hydrogen-bond donors (Lipinski definition) is 1. The van der Waals surface area contributed by atoms with Crippen LogP contribution in [0.25, 0.3) is 6.08 Å². The zero-order valence-corrected chi connectivity index (χ0v) is 15.2. The monoisotopic (exact) mass is 302 g/mol. The molecule has 122 valence electrons. The molecule has 0 aliphatic rings. The van der Waals surface area contributed by atoms with Gasteiger partial charge < -0.3 is 5.11 Å². The Hall–Kier alpha value is -1.57. The van der Waals surface area contributed by atoms with Gasteiger partial charge in [-0.3, -0.25) is 4.79 Å². The van der Waals surface area contributed by atoms with E-state index in [0.717, 1.165) is 16.7 Å². The maximum absolute atomic E-state index is 11.8. The van der Waals surface area contributed by atoms with Crippen LogP contribution < -0.4 is 0 Å². The summed E-state index contributed by atoms with van der Waals surface area (Å²) in [6.45, 7) is 16.3. The smallest absolute Gasteiger partial charge is 0.158 e. The number of benzene rings is 1. The summed E-state index contributed by atoms with van der Waals surface area (Å²) in [6.07, 6.45) is 3.49. The minimum atomic E-state index is -0.157. The highest BCUT2D eigenvalue weighted by Crippen LogP contribution is 2.39. The number of allylic oxidation sites excluding steroid dienone is 1. The molecule has 0 aromatic heterocycles. The topological polar surface area (TPSA) is 37.3 Å².